The van der Waals surface area contributed by atoms with Crippen molar-refractivity contribution in [2.45, 2.75) is 32.9 Å². The van der Waals surface area contributed by atoms with Gasteiger partial charge in [0.15, 0.2) is 0 Å². The molecule has 1 aliphatic heterocycles. The molecule has 114 valence electrons. The van der Waals surface area contributed by atoms with Crippen LogP contribution in [0.5, 0.6) is 0 Å². The molecule has 0 amide bonds. The normalized spacial score (nSPS) is 22.0. The number of halogens is 1. The Kier molecular flexibility index (Phi) is 4.87. The van der Waals surface area contributed by atoms with Crippen LogP contribution in [0.4, 0.5) is 0 Å². The second-order valence-corrected chi connectivity index (χ2v) is 6.59. The molecule has 0 saturated carbocycles. The number of nitrogens with two attached hydrogens (primary N) is 1. The van der Waals surface area contributed by atoms with Crippen LogP contribution < -0.4 is 5.73 Å². The van der Waals surface area contributed by atoms with Gasteiger partial charge in [-0.2, -0.15) is 0 Å². The van der Waals surface area contributed by atoms with Crippen molar-refractivity contribution in [2.24, 2.45) is 11.1 Å². The van der Waals surface area contributed by atoms with Crippen molar-refractivity contribution < 1.29 is 0 Å². The van der Waals surface area contributed by atoms with Crippen LogP contribution in [0.2, 0.25) is 0 Å². The Morgan fingerprint density at radius 1 is 1.29 bits per heavy atom. The monoisotopic (exact) mass is 305 g/mol. The van der Waals surface area contributed by atoms with Crippen LogP contribution in [0.1, 0.15) is 25.8 Å². The zero-order valence-electron chi connectivity index (χ0n) is 12.7. The van der Waals surface area contributed by atoms with Crippen LogP contribution >= 0.6 is 12.4 Å². The molecule has 2 aromatic rings. The number of pyridine rings is 1. The fraction of sp³-hybridized carbons (Fsp3) is 0.471. The van der Waals surface area contributed by atoms with Gasteiger partial charge in [-0.05, 0) is 23.5 Å². The van der Waals surface area contributed by atoms with Crippen molar-refractivity contribution in [2.75, 3.05) is 13.1 Å². The first-order chi connectivity index (χ1) is 9.56. The van der Waals surface area contributed by atoms with E-state index in [9.17, 15) is 0 Å². The number of likely N-dealkylation sites (tertiary alicyclic amines) is 1. The first-order valence-electron chi connectivity index (χ1n) is 7.37. The third-order valence-corrected chi connectivity index (χ3v) is 4.50. The molecule has 0 bridgehead atoms. The van der Waals surface area contributed by atoms with Gasteiger partial charge < -0.3 is 5.73 Å². The average Bonchev–Trinajstić information content (AvgIpc) is 2.43. The van der Waals surface area contributed by atoms with Gasteiger partial charge in [0.25, 0.3) is 0 Å². The van der Waals surface area contributed by atoms with Gasteiger partial charge in [0.2, 0.25) is 0 Å². The van der Waals surface area contributed by atoms with Crippen LogP contribution in [0.15, 0.2) is 36.5 Å². The summed E-state index contributed by atoms with van der Waals surface area (Å²) in [7, 11) is 0. The predicted octanol–water partition coefficient (Wildman–Crippen LogP) is 3.22. The van der Waals surface area contributed by atoms with E-state index in [-0.39, 0.29) is 17.8 Å². The summed E-state index contributed by atoms with van der Waals surface area (Å²) in [6.45, 7) is 7.63. The zero-order chi connectivity index (χ0) is 14.2. The predicted molar refractivity (Wildman–Crippen MR) is 90.6 cm³/mol. The standard InChI is InChI=1S/C17H23N3.ClH/c1-17(2)12-20(10-8-15(17)18)11-14-6-3-5-13-7-4-9-19-16(13)14;/h3-7,9,15H,8,10-12,18H2,1-2H3;1H. The SMILES string of the molecule is CC1(C)CN(Cc2cccc3cccnc23)CCC1N.Cl. The zero-order valence-corrected chi connectivity index (χ0v) is 13.6. The molecular weight excluding hydrogens is 282 g/mol. The molecule has 0 spiro atoms. The lowest BCUT2D eigenvalue weighted by Gasteiger charge is -2.42. The topological polar surface area (TPSA) is 42.2 Å². The molecule has 1 aromatic heterocycles. The van der Waals surface area contributed by atoms with Crippen molar-refractivity contribution in [1.82, 2.24) is 9.88 Å². The van der Waals surface area contributed by atoms with Crippen LogP contribution in [0, 0.1) is 5.41 Å². The largest absolute Gasteiger partial charge is 0.327 e. The Bertz CT molecular complexity index is 607. The molecule has 21 heavy (non-hydrogen) atoms. The highest BCUT2D eigenvalue weighted by Gasteiger charge is 2.33. The number of fused-ring (bicyclic) bond motifs is 1. The smallest absolute Gasteiger partial charge is 0.0746 e. The highest BCUT2D eigenvalue weighted by molar-refractivity contribution is 5.85. The van der Waals surface area contributed by atoms with Gasteiger partial charge in [-0.1, -0.05) is 38.1 Å². The van der Waals surface area contributed by atoms with Crippen molar-refractivity contribution in [3.05, 3.63) is 42.1 Å². The van der Waals surface area contributed by atoms with Crippen LogP contribution in [0.25, 0.3) is 10.9 Å². The van der Waals surface area contributed by atoms with Gasteiger partial charge in [0.1, 0.15) is 0 Å². The molecule has 1 fully saturated rings. The lowest BCUT2D eigenvalue weighted by atomic mass is 9.79. The van der Waals surface area contributed by atoms with Crippen molar-refractivity contribution in [3.63, 3.8) is 0 Å². The maximum Gasteiger partial charge on any atom is 0.0746 e. The third kappa shape index (κ3) is 3.37. The maximum atomic E-state index is 6.22. The number of para-hydroxylation sites is 1. The number of piperidine rings is 1. The first kappa shape index (κ1) is 16.2. The Hall–Kier alpha value is -1.16. The van der Waals surface area contributed by atoms with Crippen LogP contribution in [-0.2, 0) is 6.54 Å². The van der Waals surface area contributed by atoms with E-state index in [4.69, 9.17) is 5.73 Å². The minimum absolute atomic E-state index is 0. The number of hydrogen-bond donors (Lipinski definition) is 1. The molecule has 3 rings (SSSR count). The van der Waals surface area contributed by atoms with Crippen molar-refractivity contribution in [3.8, 4) is 0 Å². The molecule has 1 unspecified atom stereocenters. The van der Waals surface area contributed by atoms with E-state index in [2.05, 4.69) is 48.0 Å². The molecular formula is C17H24ClN3. The van der Waals surface area contributed by atoms with Gasteiger partial charge in [0.05, 0.1) is 5.52 Å². The summed E-state index contributed by atoms with van der Waals surface area (Å²) in [4.78, 5) is 7.05. The van der Waals surface area contributed by atoms with Crippen LogP contribution in [0.3, 0.4) is 0 Å². The quantitative estimate of drug-likeness (QED) is 0.926. The van der Waals surface area contributed by atoms with Gasteiger partial charge in [-0.25, -0.2) is 0 Å². The molecule has 1 aromatic carbocycles. The highest BCUT2D eigenvalue weighted by Crippen LogP contribution is 2.29. The summed E-state index contributed by atoms with van der Waals surface area (Å²) < 4.78 is 0. The maximum absolute atomic E-state index is 6.22. The van der Waals surface area contributed by atoms with E-state index in [1.165, 1.54) is 10.9 Å². The number of rotatable bonds is 2. The van der Waals surface area contributed by atoms with Gasteiger partial charge >= 0.3 is 0 Å². The molecule has 4 heteroatoms. The van der Waals surface area contributed by atoms with Gasteiger partial charge in [0, 0.05) is 37.3 Å². The molecule has 1 saturated heterocycles. The average molecular weight is 306 g/mol. The fourth-order valence-electron chi connectivity index (χ4n) is 3.16. The summed E-state index contributed by atoms with van der Waals surface area (Å²) in [6, 6.07) is 10.9. The molecule has 3 nitrogen and oxygen atoms in total. The van der Waals surface area contributed by atoms with Crippen molar-refractivity contribution >= 4 is 23.3 Å². The van der Waals surface area contributed by atoms with E-state index in [1.807, 2.05) is 12.3 Å². The van der Waals surface area contributed by atoms with Crippen molar-refractivity contribution in [1.29, 1.82) is 0 Å². The van der Waals surface area contributed by atoms with E-state index < -0.39 is 0 Å². The molecule has 1 aliphatic rings. The number of hydrogen-bond acceptors (Lipinski definition) is 3. The van der Waals surface area contributed by atoms with Crippen LogP contribution in [-0.4, -0.2) is 29.0 Å². The summed E-state index contributed by atoms with van der Waals surface area (Å²) in [6.07, 6.45) is 2.95. The molecule has 1 atom stereocenters. The summed E-state index contributed by atoms with van der Waals surface area (Å²) in [5.74, 6) is 0. The summed E-state index contributed by atoms with van der Waals surface area (Å²) in [5.41, 5.74) is 8.85. The lowest BCUT2D eigenvalue weighted by Crippen LogP contribution is -2.52. The second-order valence-electron chi connectivity index (χ2n) is 6.59. The minimum atomic E-state index is 0. The van der Waals surface area contributed by atoms with Gasteiger partial charge in [-0.15, -0.1) is 12.4 Å². The summed E-state index contributed by atoms with van der Waals surface area (Å²) in [5, 5.41) is 1.22. The van der Waals surface area contributed by atoms with E-state index in [1.54, 1.807) is 0 Å². The first-order valence-corrected chi connectivity index (χ1v) is 7.37. The summed E-state index contributed by atoms with van der Waals surface area (Å²) >= 11 is 0. The van der Waals surface area contributed by atoms with E-state index in [0.29, 0.717) is 6.04 Å². The second kappa shape index (κ2) is 6.30. The fourth-order valence-corrected chi connectivity index (χ4v) is 3.16. The highest BCUT2D eigenvalue weighted by atomic mass is 35.5. The molecule has 0 radical (unpaired) electrons. The Labute approximate surface area is 132 Å². The van der Waals surface area contributed by atoms with E-state index in [0.717, 1.165) is 31.6 Å². The lowest BCUT2D eigenvalue weighted by molar-refractivity contribution is 0.0901. The Morgan fingerprint density at radius 2 is 2.05 bits per heavy atom. The minimum Gasteiger partial charge on any atom is -0.327 e. The Morgan fingerprint density at radius 3 is 2.81 bits per heavy atom. The number of benzene rings is 1. The Balaban J connectivity index is 0.00000161. The van der Waals surface area contributed by atoms with E-state index >= 15 is 0 Å². The number of aromatic nitrogens is 1. The molecule has 2 N–H and O–H groups in total. The number of nitrogens with zero attached hydrogens (tertiary/aromatic N) is 2. The third-order valence-electron chi connectivity index (χ3n) is 4.50. The molecule has 2 heterocycles. The molecule has 0 aliphatic carbocycles. The van der Waals surface area contributed by atoms with Gasteiger partial charge in [-0.3, -0.25) is 9.88 Å².